The number of hydrogen-bond acceptors (Lipinski definition) is 6. The number of ether oxygens (including phenoxy) is 1. The van der Waals surface area contributed by atoms with Gasteiger partial charge in [0, 0.05) is 19.7 Å². The molecular weight excluding hydrogens is 418 g/mol. The smallest absolute Gasteiger partial charge is 0.226 e. The minimum atomic E-state index is -3.68. The van der Waals surface area contributed by atoms with E-state index >= 15 is 0 Å². The van der Waals surface area contributed by atoms with E-state index in [1.165, 1.54) is 12.1 Å². The van der Waals surface area contributed by atoms with E-state index in [0.717, 1.165) is 0 Å². The number of benzene rings is 1. The lowest BCUT2D eigenvalue weighted by atomic mass is 9.92. The second kappa shape index (κ2) is 8.24. The van der Waals surface area contributed by atoms with Gasteiger partial charge in [-0.1, -0.05) is 18.2 Å². The highest BCUT2D eigenvalue weighted by Crippen LogP contribution is 2.42. The first-order valence-electron chi connectivity index (χ1n) is 10.7. The molecule has 31 heavy (non-hydrogen) atoms. The summed E-state index contributed by atoms with van der Waals surface area (Å²) in [5, 5.41) is 11.3. The van der Waals surface area contributed by atoms with Crippen LogP contribution in [0.2, 0.25) is 0 Å². The Labute approximate surface area is 182 Å². The first-order valence-corrected chi connectivity index (χ1v) is 12.3. The first-order chi connectivity index (χ1) is 14.8. The SMILES string of the molecule is CCOC1CN(C(=O)[C@@H]2C[C@H](S(=O)(=O)c3ccccc3)CC2C(=O)NC2(C#N)CC2)C1. The monoisotopic (exact) mass is 445 g/mol. The summed E-state index contributed by atoms with van der Waals surface area (Å²) in [5.74, 6) is -2.10. The third kappa shape index (κ3) is 4.19. The third-order valence-corrected chi connectivity index (χ3v) is 8.76. The van der Waals surface area contributed by atoms with Crippen molar-refractivity contribution in [3.8, 4) is 6.07 Å². The maximum Gasteiger partial charge on any atom is 0.226 e. The van der Waals surface area contributed by atoms with E-state index in [0.29, 0.717) is 32.5 Å². The Morgan fingerprint density at radius 2 is 1.84 bits per heavy atom. The molecule has 1 heterocycles. The van der Waals surface area contributed by atoms with Gasteiger partial charge in [0.05, 0.1) is 34.2 Å². The molecule has 3 aliphatic rings. The van der Waals surface area contributed by atoms with Crippen molar-refractivity contribution >= 4 is 21.7 Å². The maximum absolute atomic E-state index is 13.2. The molecule has 0 bridgehead atoms. The predicted octanol–water partition coefficient (Wildman–Crippen LogP) is 1.27. The average molecular weight is 446 g/mol. The summed E-state index contributed by atoms with van der Waals surface area (Å²) >= 11 is 0. The largest absolute Gasteiger partial charge is 0.375 e. The molecule has 1 aromatic rings. The molecule has 3 atom stereocenters. The maximum atomic E-state index is 13.2. The standard InChI is InChI=1S/C22H27N3O5S/c1-2-30-15-12-25(13-15)21(27)19-11-17(31(28,29)16-6-4-3-5-7-16)10-18(19)20(26)24-22(14-23)8-9-22/h3-7,15,17-19H,2,8-13H2,1H3,(H,24,26)/t17-,18?,19-/m1/s1. The van der Waals surface area contributed by atoms with Crippen LogP contribution in [-0.2, 0) is 24.2 Å². The van der Waals surface area contributed by atoms with Gasteiger partial charge in [-0.25, -0.2) is 8.42 Å². The molecule has 0 radical (unpaired) electrons. The molecule has 1 unspecified atom stereocenters. The summed E-state index contributed by atoms with van der Waals surface area (Å²) in [6, 6.07) is 10.3. The Morgan fingerprint density at radius 1 is 1.19 bits per heavy atom. The molecule has 1 aliphatic heterocycles. The molecule has 2 amide bonds. The fourth-order valence-electron chi connectivity index (χ4n) is 4.52. The van der Waals surface area contributed by atoms with Gasteiger partial charge in [-0.2, -0.15) is 5.26 Å². The van der Waals surface area contributed by atoms with Crippen molar-refractivity contribution in [3.05, 3.63) is 30.3 Å². The molecular formula is C22H27N3O5S. The van der Waals surface area contributed by atoms with E-state index in [4.69, 9.17) is 4.74 Å². The highest BCUT2D eigenvalue weighted by atomic mass is 32.2. The topological polar surface area (TPSA) is 117 Å². The molecule has 2 saturated carbocycles. The molecule has 2 aliphatic carbocycles. The van der Waals surface area contributed by atoms with Gasteiger partial charge < -0.3 is 15.0 Å². The summed E-state index contributed by atoms with van der Waals surface area (Å²) in [6.07, 6.45) is 1.32. The Bertz CT molecular complexity index is 994. The van der Waals surface area contributed by atoms with Gasteiger partial charge in [0.2, 0.25) is 11.8 Å². The molecule has 0 spiro atoms. The molecule has 9 heteroatoms. The van der Waals surface area contributed by atoms with Gasteiger partial charge in [0.25, 0.3) is 0 Å². The Kier molecular flexibility index (Phi) is 5.79. The van der Waals surface area contributed by atoms with Crippen LogP contribution in [0.3, 0.4) is 0 Å². The van der Waals surface area contributed by atoms with Gasteiger partial charge in [-0.15, -0.1) is 0 Å². The number of rotatable bonds is 7. The van der Waals surface area contributed by atoms with Crippen LogP contribution in [0.25, 0.3) is 0 Å². The highest BCUT2D eigenvalue weighted by molar-refractivity contribution is 7.92. The van der Waals surface area contributed by atoms with Gasteiger partial charge in [0.15, 0.2) is 9.84 Å². The predicted molar refractivity (Wildman–Crippen MR) is 111 cm³/mol. The zero-order chi connectivity index (χ0) is 22.2. The lowest BCUT2D eigenvalue weighted by Gasteiger charge is -2.40. The van der Waals surface area contributed by atoms with Crippen LogP contribution in [0, 0.1) is 23.2 Å². The van der Waals surface area contributed by atoms with E-state index < -0.39 is 38.4 Å². The number of carbonyl (C=O) groups is 2. The summed E-state index contributed by atoms with van der Waals surface area (Å²) < 4.78 is 31.9. The van der Waals surface area contributed by atoms with Crippen LogP contribution in [0.4, 0.5) is 0 Å². The van der Waals surface area contributed by atoms with Crippen molar-refractivity contribution in [1.82, 2.24) is 10.2 Å². The Morgan fingerprint density at radius 3 is 2.42 bits per heavy atom. The van der Waals surface area contributed by atoms with Crippen molar-refractivity contribution < 1.29 is 22.7 Å². The minimum absolute atomic E-state index is 0.0141. The summed E-state index contributed by atoms with van der Waals surface area (Å²) in [7, 11) is -3.68. The van der Waals surface area contributed by atoms with Gasteiger partial charge in [0.1, 0.15) is 5.54 Å². The lowest BCUT2D eigenvalue weighted by molar-refractivity contribution is -0.152. The lowest BCUT2D eigenvalue weighted by Crippen LogP contribution is -2.57. The van der Waals surface area contributed by atoms with Crippen LogP contribution in [0.15, 0.2) is 35.2 Å². The van der Waals surface area contributed by atoms with E-state index in [1.54, 1.807) is 23.1 Å². The van der Waals surface area contributed by atoms with Crippen LogP contribution in [0.5, 0.6) is 0 Å². The quantitative estimate of drug-likeness (QED) is 0.676. The highest BCUT2D eigenvalue weighted by Gasteiger charge is 2.52. The molecule has 1 saturated heterocycles. The second-order valence-electron chi connectivity index (χ2n) is 8.67. The number of likely N-dealkylation sites (tertiary alicyclic amines) is 1. The van der Waals surface area contributed by atoms with Crippen LogP contribution in [0.1, 0.15) is 32.6 Å². The number of hydrogen-bond donors (Lipinski definition) is 1. The van der Waals surface area contributed by atoms with Crippen LogP contribution in [-0.4, -0.2) is 61.7 Å². The fourth-order valence-corrected chi connectivity index (χ4v) is 6.36. The van der Waals surface area contributed by atoms with Crippen molar-refractivity contribution in [1.29, 1.82) is 5.26 Å². The molecule has 1 aromatic carbocycles. The van der Waals surface area contributed by atoms with Crippen LogP contribution >= 0.6 is 0 Å². The van der Waals surface area contributed by atoms with Crippen LogP contribution < -0.4 is 5.32 Å². The molecule has 8 nitrogen and oxygen atoms in total. The van der Waals surface area contributed by atoms with E-state index in [2.05, 4.69) is 11.4 Å². The van der Waals surface area contributed by atoms with Gasteiger partial charge >= 0.3 is 0 Å². The summed E-state index contributed by atoms with van der Waals surface area (Å²) in [5.41, 5.74) is -0.863. The average Bonchev–Trinajstić information content (AvgIpc) is 3.35. The number of nitriles is 1. The van der Waals surface area contributed by atoms with Gasteiger partial charge in [-0.3, -0.25) is 9.59 Å². The third-order valence-electron chi connectivity index (χ3n) is 6.57. The molecule has 4 rings (SSSR count). The van der Waals surface area contributed by atoms with Crippen molar-refractivity contribution in [2.45, 2.75) is 54.4 Å². The fraction of sp³-hybridized carbons (Fsp3) is 0.591. The van der Waals surface area contributed by atoms with Crippen molar-refractivity contribution in [3.63, 3.8) is 0 Å². The van der Waals surface area contributed by atoms with E-state index in [-0.39, 0.29) is 29.7 Å². The molecule has 166 valence electrons. The summed E-state index contributed by atoms with van der Waals surface area (Å²) in [6.45, 7) is 3.37. The second-order valence-corrected chi connectivity index (χ2v) is 10.9. The number of nitrogens with zero attached hydrogens (tertiary/aromatic N) is 2. The van der Waals surface area contributed by atoms with E-state index in [9.17, 15) is 23.3 Å². The number of sulfone groups is 1. The Hall–Kier alpha value is -2.44. The zero-order valence-electron chi connectivity index (χ0n) is 17.5. The van der Waals surface area contributed by atoms with E-state index in [1.807, 2.05) is 6.92 Å². The van der Waals surface area contributed by atoms with Crippen molar-refractivity contribution in [2.75, 3.05) is 19.7 Å². The van der Waals surface area contributed by atoms with Gasteiger partial charge in [-0.05, 0) is 44.7 Å². The molecule has 1 N–H and O–H groups in total. The normalized spacial score (nSPS) is 27.2. The zero-order valence-corrected chi connectivity index (χ0v) is 18.3. The number of nitrogens with one attached hydrogen (secondary N) is 1. The molecule has 0 aromatic heterocycles. The van der Waals surface area contributed by atoms with Crippen molar-refractivity contribution in [2.24, 2.45) is 11.8 Å². The molecule has 3 fully saturated rings. The Balaban J connectivity index is 1.54. The number of amides is 2. The number of carbonyl (C=O) groups excluding carboxylic acids is 2. The minimum Gasteiger partial charge on any atom is -0.375 e. The first kappa shape index (κ1) is 21.8. The summed E-state index contributed by atoms with van der Waals surface area (Å²) in [4.78, 5) is 28.0.